The van der Waals surface area contributed by atoms with Crippen molar-refractivity contribution in [3.05, 3.63) is 68.9 Å². The Hall–Kier alpha value is -3.06. The van der Waals surface area contributed by atoms with Crippen molar-refractivity contribution in [3.63, 3.8) is 0 Å². The molecule has 1 aliphatic rings. The number of methoxy groups -OCH3 is 2. The lowest BCUT2D eigenvalue weighted by atomic mass is 9.98. The number of hydrogen-bond acceptors (Lipinski definition) is 7. The van der Waals surface area contributed by atoms with Crippen LogP contribution in [0.1, 0.15) is 29.3 Å². The number of allylic oxidation sites excluding steroid dienone is 1. The Morgan fingerprint density at radius 3 is 2.41 bits per heavy atom. The topological polar surface area (TPSA) is 96.0 Å². The van der Waals surface area contributed by atoms with Crippen molar-refractivity contribution in [1.29, 1.82) is 0 Å². The number of rotatable bonds is 8. The second-order valence-electron chi connectivity index (χ2n) is 7.15. The molecule has 0 heterocycles. The highest BCUT2D eigenvalue weighted by atomic mass is 35.5. The molecule has 7 nitrogen and oxygen atoms in total. The van der Waals surface area contributed by atoms with Gasteiger partial charge < -0.3 is 14.2 Å². The van der Waals surface area contributed by atoms with Gasteiger partial charge in [-0.05, 0) is 5.56 Å². The third-order valence-electron chi connectivity index (χ3n) is 4.90. The highest BCUT2D eigenvalue weighted by Crippen LogP contribution is 2.43. The van der Waals surface area contributed by atoms with E-state index in [1.807, 2.05) is 0 Å². The number of halogens is 1. The summed E-state index contributed by atoms with van der Waals surface area (Å²) >= 11 is 6.35. The first-order valence-corrected chi connectivity index (χ1v) is 11.6. The van der Waals surface area contributed by atoms with Crippen LogP contribution in [-0.4, -0.2) is 34.7 Å². The zero-order chi connectivity index (χ0) is 23.5. The van der Waals surface area contributed by atoms with E-state index in [9.17, 15) is 18.0 Å². The number of benzene rings is 2. The van der Waals surface area contributed by atoms with E-state index in [0.717, 1.165) is 0 Å². The maximum Gasteiger partial charge on any atom is 0.193 e. The lowest BCUT2D eigenvalue weighted by Crippen LogP contribution is -2.23. The molecule has 0 N–H and O–H groups in total. The fraction of sp³-hybridized carbons (Fsp3) is 0.261. The molecule has 3 rings (SSSR count). The summed E-state index contributed by atoms with van der Waals surface area (Å²) in [6.07, 6.45) is 0.413. The Morgan fingerprint density at radius 2 is 1.81 bits per heavy atom. The average Bonchev–Trinajstić information content (AvgIpc) is 2.76. The van der Waals surface area contributed by atoms with Crippen molar-refractivity contribution < 1.29 is 32.2 Å². The molecule has 0 saturated heterocycles. The third kappa shape index (κ3) is 4.72. The van der Waals surface area contributed by atoms with Gasteiger partial charge in [0.15, 0.2) is 38.3 Å². The van der Waals surface area contributed by atoms with Gasteiger partial charge in [0, 0.05) is 18.4 Å². The maximum absolute atomic E-state index is 12.9. The number of carbonyl (C=O) groups is 2. The summed E-state index contributed by atoms with van der Waals surface area (Å²) in [5.74, 6) is -1.03. The lowest BCUT2D eigenvalue weighted by molar-refractivity contribution is -0.115. The molecule has 2 aromatic carbocycles. The van der Waals surface area contributed by atoms with Crippen molar-refractivity contribution in [3.8, 4) is 17.2 Å². The van der Waals surface area contributed by atoms with E-state index < -0.39 is 26.4 Å². The van der Waals surface area contributed by atoms with Gasteiger partial charge in [0.05, 0.1) is 20.0 Å². The minimum atomic E-state index is -3.98. The van der Waals surface area contributed by atoms with Gasteiger partial charge >= 0.3 is 0 Å². The van der Waals surface area contributed by atoms with Crippen LogP contribution in [0.15, 0.2) is 52.8 Å². The predicted molar refractivity (Wildman–Crippen MR) is 119 cm³/mol. The van der Waals surface area contributed by atoms with Gasteiger partial charge in [-0.3, -0.25) is 9.59 Å². The van der Waals surface area contributed by atoms with Crippen LogP contribution in [0.5, 0.6) is 17.2 Å². The molecule has 0 amide bonds. The minimum absolute atomic E-state index is 0.00231. The summed E-state index contributed by atoms with van der Waals surface area (Å²) in [5, 5.41) is 0.00231. The Kier molecular flexibility index (Phi) is 7.09. The summed E-state index contributed by atoms with van der Waals surface area (Å²) < 4.78 is 42.2. The van der Waals surface area contributed by atoms with E-state index in [1.54, 1.807) is 37.3 Å². The molecule has 0 aliphatic heterocycles. The number of hydrogen-bond donors (Lipinski definition) is 0. The summed E-state index contributed by atoms with van der Waals surface area (Å²) in [6.45, 7) is 1.69. The van der Waals surface area contributed by atoms with Gasteiger partial charge in [-0.25, -0.2) is 8.42 Å². The van der Waals surface area contributed by atoms with Crippen molar-refractivity contribution >= 4 is 33.5 Å². The highest BCUT2D eigenvalue weighted by molar-refractivity contribution is 7.95. The number of carbonyl (C=O) groups excluding carboxylic acids is 2. The van der Waals surface area contributed by atoms with Gasteiger partial charge in [0.25, 0.3) is 0 Å². The first-order valence-electron chi connectivity index (χ1n) is 9.60. The second kappa shape index (κ2) is 9.61. The predicted octanol–water partition coefficient (Wildman–Crippen LogP) is 4.14. The molecule has 1 atom stereocenters. The highest BCUT2D eigenvalue weighted by Gasteiger charge is 2.33. The van der Waals surface area contributed by atoms with Gasteiger partial charge in [0.2, 0.25) is 0 Å². The molecule has 1 unspecified atom stereocenters. The van der Waals surface area contributed by atoms with Gasteiger partial charge in [0.1, 0.15) is 22.1 Å². The largest absolute Gasteiger partial charge is 0.496 e. The molecule has 9 heteroatoms. The molecular weight excluding hydrogens is 456 g/mol. The van der Waals surface area contributed by atoms with Gasteiger partial charge in [-0.1, -0.05) is 54.6 Å². The van der Waals surface area contributed by atoms with E-state index in [4.69, 9.17) is 25.8 Å². The van der Waals surface area contributed by atoms with Crippen LogP contribution in [0.3, 0.4) is 0 Å². The van der Waals surface area contributed by atoms with Crippen LogP contribution in [0.4, 0.5) is 0 Å². The summed E-state index contributed by atoms with van der Waals surface area (Å²) in [6, 6.07) is 9.96. The zero-order valence-electron chi connectivity index (χ0n) is 17.7. The molecule has 2 aromatic rings. The van der Waals surface area contributed by atoms with Gasteiger partial charge in [-0.2, -0.15) is 0 Å². The average molecular weight is 477 g/mol. The Labute approximate surface area is 191 Å². The fourth-order valence-corrected chi connectivity index (χ4v) is 4.99. The lowest BCUT2D eigenvalue weighted by Gasteiger charge is -2.22. The SMILES string of the molecule is COc1cc(OC)c(C=O)c(OC2=C=C(S(=O)(=O)Cc3ccccc3)C(=O)CC2C)c1Cl. The van der Waals surface area contributed by atoms with E-state index >= 15 is 0 Å². The van der Waals surface area contributed by atoms with Crippen LogP contribution < -0.4 is 14.2 Å². The second-order valence-corrected chi connectivity index (χ2v) is 9.45. The van der Waals surface area contributed by atoms with Crippen LogP contribution in [0.25, 0.3) is 0 Å². The Morgan fingerprint density at radius 1 is 1.16 bits per heavy atom. The number of ketones is 1. The molecular formula is C23H21ClO7S. The van der Waals surface area contributed by atoms with Crippen LogP contribution in [0.2, 0.25) is 5.02 Å². The number of aldehydes is 1. The molecule has 0 saturated carbocycles. The first-order chi connectivity index (χ1) is 15.2. The molecule has 0 spiro atoms. The molecule has 32 heavy (non-hydrogen) atoms. The fourth-order valence-electron chi connectivity index (χ4n) is 3.25. The molecule has 0 bridgehead atoms. The van der Waals surface area contributed by atoms with Crippen LogP contribution in [-0.2, 0) is 20.4 Å². The summed E-state index contributed by atoms with van der Waals surface area (Å²) in [5.41, 5.74) is 3.19. The van der Waals surface area contributed by atoms with Gasteiger partial charge in [-0.15, -0.1) is 0 Å². The van der Waals surface area contributed by atoms with E-state index in [2.05, 4.69) is 5.73 Å². The molecule has 0 fully saturated rings. The summed E-state index contributed by atoms with van der Waals surface area (Å²) in [4.78, 5) is 23.8. The number of sulfone groups is 1. The summed E-state index contributed by atoms with van der Waals surface area (Å²) in [7, 11) is -1.22. The van der Waals surface area contributed by atoms with Crippen molar-refractivity contribution in [2.75, 3.05) is 14.2 Å². The number of ether oxygens (including phenoxy) is 3. The minimum Gasteiger partial charge on any atom is -0.496 e. The molecule has 0 aromatic heterocycles. The third-order valence-corrected chi connectivity index (χ3v) is 6.92. The normalized spacial score (nSPS) is 16.1. The molecule has 0 radical (unpaired) electrons. The molecule has 1 aliphatic carbocycles. The van der Waals surface area contributed by atoms with Crippen LogP contribution >= 0.6 is 11.6 Å². The number of Topliss-reactive ketones (excluding diaryl/α,β-unsaturated/α-hetero) is 1. The van der Waals surface area contributed by atoms with Crippen molar-refractivity contribution in [1.82, 2.24) is 0 Å². The molecule has 168 valence electrons. The van der Waals surface area contributed by atoms with E-state index in [1.165, 1.54) is 20.3 Å². The maximum atomic E-state index is 12.9. The van der Waals surface area contributed by atoms with Crippen molar-refractivity contribution in [2.45, 2.75) is 19.1 Å². The quantitative estimate of drug-likeness (QED) is 0.417. The van der Waals surface area contributed by atoms with Crippen LogP contribution in [0, 0.1) is 5.92 Å². The Bertz CT molecular complexity index is 1230. The smallest absolute Gasteiger partial charge is 0.193 e. The zero-order valence-corrected chi connectivity index (χ0v) is 19.2. The Balaban J connectivity index is 2.14. The standard InChI is InChI=1S/C23H21ClO7S/c1-14-9-17(26)21(32(27,28)13-15-7-5-4-6-8-15)11-18(14)31-23-16(12-25)19(29-2)10-20(30-3)22(23)24/h4-8,10,12,14H,9,13H2,1-3H3. The monoisotopic (exact) mass is 476 g/mol. The van der Waals surface area contributed by atoms with Crippen molar-refractivity contribution in [2.24, 2.45) is 5.92 Å². The van der Waals surface area contributed by atoms with E-state index in [-0.39, 0.29) is 45.8 Å². The van der Waals surface area contributed by atoms with E-state index in [0.29, 0.717) is 11.8 Å². The first kappa shape index (κ1) is 23.6.